The molecule has 1 fully saturated rings. The normalized spacial score (nSPS) is 34.6. The van der Waals surface area contributed by atoms with Gasteiger partial charge in [0, 0.05) is 24.3 Å². The fraction of sp³-hybridized carbons (Fsp3) is 0.375. The van der Waals surface area contributed by atoms with Crippen LogP contribution in [0.2, 0.25) is 0 Å². The van der Waals surface area contributed by atoms with Crippen molar-refractivity contribution in [3.05, 3.63) is 36.9 Å². The molecule has 1 heterocycles. The van der Waals surface area contributed by atoms with Gasteiger partial charge < -0.3 is 4.90 Å². The van der Waals surface area contributed by atoms with Crippen molar-refractivity contribution in [1.29, 1.82) is 5.26 Å². The summed E-state index contributed by atoms with van der Waals surface area (Å²) in [6, 6.07) is 10.0. The minimum Gasteiger partial charge on any atom is -0.313 e. The van der Waals surface area contributed by atoms with E-state index < -0.39 is 9.62 Å². The molecule has 21 heavy (non-hydrogen) atoms. The van der Waals surface area contributed by atoms with Crippen molar-refractivity contribution in [2.24, 2.45) is 5.92 Å². The minimum atomic E-state index is -1.04. The second-order valence-corrected chi connectivity index (χ2v) is 7.73. The Morgan fingerprint density at radius 3 is 2.90 bits per heavy atom. The topological polar surface area (TPSA) is 44.1 Å². The highest BCUT2D eigenvalue weighted by atomic mass is 35.5. The number of para-hydroxylation sites is 1. The molecule has 3 atom stereocenters. The number of alkyl halides is 1. The number of amides is 1. The molecule has 0 bridgehead atoms. The summed E-state index contributed by atoms with van der Waals surface area (Å²) in [6.45, 7) is 3.78. The fourth-order valence-electron chi connectivity index (χ4n) is 3.26. The fourth-order valence-corrected chi connectivity index (χ4v) is 5.40. The van der Waals surface area contributed by atoms with Crippen LogP contribution in [0.1, 0.15) is 12.8 Å². The maximum Gasteiger partial charge on any atom is 0.243 e. The Kier molecular flexibility index (Phi) is 3.31. The average Bonchev–Trinajstić information content (AvgIpc) is 2.79. The van der Waals surface area contributed by atoms with Crippen LogP contribution in [0.25, 0.3) is 0 Å². The molecule has 1 aliphatic heterocycles. The van der Waals surface area contributed by atoms with Crippen LogP contribution in [0.3, 0.4) is 0 Å². The molecule has 1 aromatic rings. The van der Waals surface area contributed by atoms with Crippen molar-refractivity contribution >= 4 is 35.0 Å². The first kappa shape index (κ1) is 14.5. The molecule has 108 valence electrons. The maximum absolute atomic E-state index is 12.9. The Morgan fingerprint density at radius 1 is 1.57 bits per heavy atom. The zero-order valence-corrected chi connectivity index (χ0v) is 13.2. The van der Waals surface area contributed by atoms with E-state index in [9.17, 15) is 10.1 Å². The lowest BCUT2D eigenvalue weighted by atomic mass is 9.97. The first-order chi connectivity index (χ1) is 9.96. The molecule has 5 heteroatoms. The lowest BCUT2D eigenvalue weighted by Crippen LogP contribution is -2.47. The second-order valence-electron chi connectivity index (χ2n) is 5.63. The molecule has 3 rings (SSSR count). The molecule has 3 nitrogen and oxygen atoms in total. The van der Waals surface area contributed by atoms with Crippen molar-refractivity contribution in [3.8, 4) is 6.07 Å². The van der Waals surface area contributed by atoms with Crippen molar-refractivity contribution in [2.75, 3.05) is 11.9 Å². The molecule has 2 aliphatic rings. The molecular weight excluding hydrogens is 304 g/mol. The number of allylic oxidation sites excluding steroid dienone is 1. The van der Waals surface area contributed by atoms with E-state index >= 15 is 0 Å². The largest absolute Gasteiger partial charge is 0.313 e. The van der Waals surface area contributed by atoms with Gasteiger partial charge >= 0.3 is 0 Å². The molecule has 0 N–H and O–H groups in total. The van der Waals surface area contributed by atoms with Crippen LogP contribution >= 0.6 is 23.4 Å². The number of anilines is 1. The number of halogens is 1. The summed E-state index contributed by atoms with van der Waals surface area (Å²) in [5.41, 5.74) is 0.914. The van der Waals surface area contributed by atoms with Crippen molar-refractivity contribution in [1.82, 2.24) is 0 Å². The summed E-state index contributed by atoms with van der Waals surface area (Å²) in [7, 11) is 1.78. The smallest absolute Gasteiger partial charge is 0.243 e. The number of nitriles is 1. The summed E-state index contributed by atoms with van der Waals surface area (Å²) < 4.78 is -0.667. The molecule has 1 aliphatic carbocycles. The second kappa shape index (κ2) is 4.79. The van der Waals surface area contributed by atoms with Gasteiger partial charge in [-0.15, -0.1) is 29.9 Å². The number of thioether (sulfide) groups is 1. The van der Waals surface area contributed by atoms with Gasteiger partial charge in [-0.3, -0.25) is 4.79 Å². The van der Waals surface area contributed by atoms with Crippen LogP contribution in [-0.4, -0.2) is 22.6 Å². The number of carbonyl (C=O) groups is 1. The Bertz CT molecular complexity index is 670. The highest BCUT2D eigenvalue weighted by Crippen LogP contribution is 2.58. The highest BCUT2D eigenvalue weighted by Gasteiger charge is 2.60. The summed E-state index contributed by atoms with van der Waals surface area (Å²) in [4.78, 5) is 14.6. The van der Waals surface area contributed by atoms with Gasteiger partial charge in [0.05, 0.1) is 11.8 Å². The van der Waals surface area contributed by atoms with Gasteiger partial charge in [0.2, 0.25) is 5.91 Å². The quantitative estimate of drug-likeness (QED) is 0.587. The Labute approximate surface area is 133 Å². The van der Waals surface area contributed by atoms with Gasteiger partial charge in [0.25, 0.3) is 0 Å². The predicted octanol–water partition coefficient (Wildman–Crippen LogP) is 3.59. The maximum atomic E-state index is 12.9. The molecule has 1 saturated carbocycles. The SMILES string of the molecule is C=CC1CC2(CC1(Cl)C#N)Sc1ccccc1N(C)C2=O. The molecule has 1 amide bonds. The van der Waals surface area contributed by atoms with Gasteiger partial charge in [-0.2, -0.15) is 5.26 Å². The van der Waals surface area contributed by atoms with Crippen molar-refractivity contribution in [2.45, 2.75) is 27.4 Å². The van der Waals surface area contributed by atoms with Gasteiger partial charge in [-0.25, -0.2) is 0 Å². The lowest BCUT2D eigenvalue weighted by molar-refractivity contribution is -0.120. The summed E-state index contributed by atoms with van der Waals surface area (Å²) in [6.07, 6.45) is 2.60. The first-order valence-corrected chi connectivity index (χ1v) is 7.94. The van der Waals surface area contributed by atoms with Gasteiger partial charge in [0.1, 0.15) is 9.62 Å². The monoisotopic (exact) mass is 318 g/mol. The molecule has 1 aromatic carbocycles. The minimum absolute atomic E-state index is 0.0239. The molecule has 1 spiro atoms. The number of nitrogens with zero attached hydrogens (tertiary/aromatic N) is 2. The zero-order chi connectivity index (χ0) is 15.3. The number of benzene rings is 1. The van der Waals surface area contributed by atoms with E-state index in [-0.39, 0.29) is 11.8 Å². The third-order valence-electron chi connectivity index (χ3n) is 4.38. The van der Waals surface area contributed by atoms with E-state index in [1.165, 1.54) is 0 Å². The van der Waals surface area contributed by atoms with Crippen LogP contribution in [-0.2, 0) is 4.79 Å². The van der Waals surface area contributed by atoms with Crippen LogP contribution in [0.15, 0.2) is 41.8 Å². The van der Waals surface area contributed by atoms with Crippen molar-refractivity contribution in [3.63, 3.8) is 0 Å². The van der Waals surface area contributed by atoms with Gasteiger partial charge in [-0.1, -0.05) is 18.2 Å². The number of hydrogen-bond acceptors (Lipinski definition) is 3. The van der Waals surface area contributed by atoms with Crippen LogP contribution in [0.4, 0.5) is 5.69 Å². The summed E-state index contributed by atoms with van der Waals surface area (Å²) in [5.74, 6) is -0.157. The molecule has 0 radical (unpaired) electrons. The van der Waals surface area contributed by atoms with E-state index in [0.29, 0.717) is 12.8 Å². The van der Waals surface area contributed by atoms with Gasteiger partial charge in [-0.05, 0) is 18.6 Å². The van der Waals surface area contributed by atoms with E-state index in [1.54, 1.807) is 29.8 Å². The molecule has 3 unspecified atom stereocenters. The lowest BCUT2D eigenvalue weighted by Gasteiger charge is -2.38. The number of hydrogen-bond donors (Lipinski definition) is 0. The van der Waals surface area contributed by atoms with Crippen molar-refractivity contribution < 1.29 is 4.79 Å². The van der Waals surface area contributed by atoms with E-state index in [2.05, 4.69) is 12.6 Å². The Hall–Kier alpha value is -1.44. The zero-order valence-electron chi connectivity index (χ0n) is 11.7. The van der Waals surface area contributed by atoms with E-state index in [4.69, 9.17) is 11.6 Å². The Balaban J connectivity index is 2.07. The van der Waals surface area contributed by atoms with Crippen LogP contribution in [0.5, 0.6) is 0 Å². The average molecular weight is 319 g/mol. The molecular formula is C16H15ClN2OS. The Morgan fingerprint density at radius 2 is 2.29 bits per heavy atom. The first-order valence-electron chi connectivity index (χ1n) is 6.75. The standard InChI is InChI=1S/C16H15ClN2OS/c1-3-11-8-16(9-15(11,17)10-18)14(20)19(2)12-6-4-5-7-13(12)21-16/h3-7,11H,1,8-9H2,2H3. The summed E-state index contributed by atoms with van der Waals surface area (Å²) >= 11 is 8.01. The number of rotatable bonds is 1. The highest BCUT2D eigenvalue weighted by molar-refractivity contribution is 8.01. The van der Waals surface area contributed by atoms with E-state index in [1.807, 2.05) is 24.3 Å². The third-order valence-corrected chi connectivity index (χ3v) is 6.32. The number of carbonyl (C=O) groups excluding carboxylic acids is 1. The molecule has 0 saturated heterocycles. The van der Waals surface area contributed by atoms with Crippen LogP contribution in [0, 0.1) is 17.2 Å². The number of fused-ring (bicyclic) bond motifs is 1. The predicted molar refractivity (Wildman–Crippen MR) is 85.6 cm³/mol. The van der Waals surface area contributed by atoms with Gasteiger partial charge in [0.15, 0.2) is 0 Å². The summed E-state index contributed by atoms with van der Waals surface area (Å²) in [5, 5.41) is 9.42. The van der Waals surface area contributed by atoms with Crippen LogP contribution < -0.4 is 4.90 Å². The van der Waals surface area contributed by atoms with E-state index in [0.717, 1.165) is 10.6 Å². The third kappa shape index (κ3) is 1.99. The molecule has 0 aromatic heterocycles.